The molecule has 0 amide bonds. The lowest BCUT2D eigenvalue weighted by Gasteiger charge is -2.14. The number of rotatable bonds is 7. The van der Waals surface area contributed by atoms with Crippen LogP contribution in [0.3, 0.4) is 0 Å². The Hall–Kier alpha value is -1.53. The second-order valence-electron chi connectivity index (χ2n) is 5.42. The molecular formula is C16H24N2O. The lowest BCUT2D eigenvalue weighted by atomic mass is 9.97. The molecule has 0 saturated heterocycles. The average Bonchev–Trinajstić information content (AvgIpc) is 2.35. The first kappa shape index (κ1) is 15.5. The Bertz CT molecular complexity index is 404. The number of nitriles is 1. The van der Waals surface area contributed by atoms with Gasteiger partial charge in [0.2, 0.25) is 0 Å². The van der Waals surface area contributed by atoms with Crippen LogP contribution in [0.25, 0.3) is 0 Å². The van der Waals surface area contributed by atoms with E-state index in [1.54, 1.807) is 0 Å². The predicted octanol–water partition coefficient (Wildman–Crippen LogP) is 3.36. The molecule has 0 fully saturated rings. The van der Waals surface area contributed by atoms with E-state index in [9.17, 15) is 0 Å². The van der Waals surface area contributed by atoms with Crippen molar-refractivity contribution < 1.29 is 4.74 Å². The summed E-state index contributed by atoms with van der Waals surface area (Å²) in [4.78, 5) is 0. The van der Waals surface area contributed by atoms with Crippen LogP contribution in [0.1, 0.15) is 33.3 Å². The predicted molar refractivity (Wildman–Crippen MR) is 77.9 cm³/mol. The Kier molecular flexibility index (Phi) is 6.38. The molecular weight excluding hydrogens is 236 g/mol. The molecule has 0 aliphatic heterocycles. The summed E-state index contributed by atoms with van der Waals surface area (Å²) in [6.07, 6.45) is 0.200. The molecule has 0 heterocycles. The zero-order chi connectivity index (χ0) is 14.3. The van der Waals surface area contributed by atoms with Gasteiger partial charge in [-0.1, -0.05) is 26.0 Å². The van der Waals surface area contributed by atoms with Crippen LogP contribution in [0, 0.1) is 23.2 Å². The fourth-order valence-electron chi connectivity index (χ4n) is 1.76. The van der Waals surface area contributed by atoms with Gasteiger partial charge >= 0.3 is 0 Å². The van der Waals surface area contributed by atoms with Crippen LogP contribution in [0.2, 0.25) is 0 Å². The van der Waals surface area contributed by atoms with Crippen LogP contribution in [-0.4, -0.2) is 12.6 Å². The van der Waals surface area contributed by atoms with Crippen molar-refractivity contribution in [1.82, 2.24) is 5.32 Å². The van der Waals surface area contributed by atoms with Gasteiger partial charge in [-0.2, -0.15) is 5.26 Å². The van der Waals surface area contributed by atoms with E-state index in [1.165, 1.54) is 5.56 Å². The van der Waals surface area contributed by atoms with Crippen LogP contribution < -0.4 is 10.1 Å². The molecule has 1 aromatic carbocycles. The van der Waals surface area contributed by atoms with Gasteiger partial charge in [0.25, 0.3) is 0 Å². The monoisotopic (exact) mass is 260 g/mol. The molecule has 1 aromatic rings. The van der Waals surface area contributed by atoms with Crippen molar-refractivity contribution in [3.63, 3.8) is 0 Å². The number of hydrogen-bond acceptors (Lipinski definition) is 3. The van der Waals surface area contributed by atoms with Gasteiger partial charge in [0.05, 0.1) is 18.1 Å². The summed E-state index contributed by atoms with van der Waals surface area (Å²) in [7, 11) is 0. The third-order valence-corrected chi connectivity index (χ3v) is 2.96. The Morgan fingerprint density at radius 2 is 1.79 bits per heavy atom. The van der Waals surface area contributed by atoms with Crippen LogP contribution in [-0.2, 0) is 6.54 Å². The first-order valence-electron chi connectivity index (χ1n) is 6.89. The first-order chi connectivity index (χ1) is 9.02. The summed E-state index contributed by atoms with van der Waals surface area (Å²) >= 11 is 0. The van der Waals surface area contributed by atoms with Crippen molar-refractivity contribution in [3.8, 4) is 11.8 Å². The number of benzene rings is 1. The fourth-order valence-corrected chi connectivity index (χ4v) is 1.76. The standard InChI is InChI=1S/C16H24N2O/c1-12(2)15(9-17)11-18-10-14-5-7-16(8-6-14)19-13(3)4/h5-8,12-13,15,18H,10-11H2,1-4H3. The molecule has 0 aromatic heterocycles. The van der Waals surface area contributed by atoms with E-state index in [0.717, 1.165) is 18.8 Å². The summed E-state index contributed by atoms with van der Waals surface area (Å²) in [5.41, 5.74) is 1.21. The molecule has 0 radical (unpaired) electrons. The minimum atomic E-state index is 0.0727. The smallest absolute Gasteiger partial charge is 0.119 e. The maximum atomic E-state index is 9.01. The van der Waals surface area contributed by atoms with E-state index in [-0.39, 0.29) is 12.0 Å². The maximum Gasteiger partial charge on any atom is 0.119 e. The van der Waals surface area contributed by atoms with Gasteiger partial charge in [-0.15, -0.1) is 0 Å². The average molecular weight is 260 g/mol. The molecule has 3 nitrogen and oxygen atoms in total. The molecule has 104 valence electrons. The highest BCUT2D eigenvalue weighted by molar-refractivity contribution is 5.27. The van der Waals surface area contributed by atoms with Crippen LogP contribution >= 0.6 is 0 Å². The number of nitrogens with zero attached hydrogens (tertiary/aromatic N) is 1. The van der Waals surface area contributed by atoms with Gasteiger partial charge in [-0.25, -0.2) is 0 Å². The van der Waals surface area contributed by atoms with E-state index < -0.39 is 0 Å². The zero-order valence-electron chi connectivity index (χ0n) is 12.3. The van der Waals surface area contributed by atoms with Gasteiger partial charge < -0.3 is 10.1 Å². The summed E-state index contributed by atoms with van der Waals surface area (Å²) in [6, 6.07) is 10.4. The van der Waals surface area contributed by atoms with Crippen molar-refractivity contribution in [2.75, 3.05) is 6.54 Å². The minimum absolute atomic E-state index is 0.0727. The molecule has 0 aliphatic carbocycles. The molecule has 0 aliphatic rings. The summed E-state index contributed by atoms with van der Waals surface area (Å²) in [5, 5.41) is 12.3. The van der Waals surface area contributed by atoms with Gasteiger partial charge in [-0.05, 0) is 37.5 Å². The Balaban J connectivity index is 2.40. The van der Waals surface area contributed by atoms with Gasteiger partial charge in [0.15, 0.2) is 0 Å². The fraction of sp³-hybridized carbons (Fsp3) is 0.562. The Morgan fingerprint density at radius 3 is 2.26 bits per heavy atom. The van der Waals surface area contributed by atoms with Crippen LogP contribution in [0.4, 0.5) is 0 Å². The van der Waals surface area contributed by atoms with E-state index in [0.29, 0.717) is 5.92 Å². The third kappa shape index (κ3) is 5.76. The van der Waals surface area contributed by atoms with E-state index >= 15 is 0 Å². The molecule has 1 rings (SSSR count). The lowest BCUT2D eigenvalue weighted by Crippen LogP contribution is -2.24. The molecule has 19 heavy (non-hydrogen) atoms. The Labute approximate surface area is 116 Å². The summed E-state index contributed by atoms with van der Waals surface area (Å²) in [6.45, 7) is 9.71. The molecule has 3 heteroatoms. The van der Waals surface area contributed by atoms with Crippen LogP contribution in [0.5, 0.6) is 5.75 Å². The molecule has 1 N–H and O–H groups in total. The summed E-state index contributed by atoms with van der Waals surface area (Å²) < 4.78 is 5.60. The SMILES string of the molecule is CC(C)Oc1ccc(CNCC(C#N)C(C)C)cc1. The molecule has 0 spiro atoms. The zero-order valence-corrected chi connectivity index (χ0v) is 12.3. The molecule has 1 unspecified atom stereocenters. The quantitative estimate of drug-likeness (QED) is 0.817. The summed E-state index contributed by atoms with van der Waals surface area (Å²) in [5.74, 6) is 1.36. The minimum Gasteiger partial charge on any atom is -0.491 e. The van der Waals surface area contributed by atoms with Crippen molar-refractivity contribution in [2.45, 2.75) is 40.3 Å². The van der Waals surface area contributed by atoms with Crippen LogP contribution in [0.15, 0.2) is 24.3 Å². The Morgan fingerprint density at radius 1 is 1.16 bits per heavy atom. The van der Waals surface area contributed by atoms with Gasteiger partial charge in [0, 0.05) is 13.1 Å². The highest BCUT2D eigenvalue weighted by Gasteiger charge is 2.11. The third-order valence-electron chi connectivity index (χ3n) is 2.96. The number of nitrogens with one attached hydrogen (secondary N) is 1. The second-order valence-corrected chi connectivity index (χ2v) is 5.42. The van der Waals surface area contributed by atoms with E-state index in [1.807, 2.05) is 26.0 Å². The van der Waals surface area contributed by atoms with E-state index in [2.05, 4.69) is 37.4 Å². The molecule has 0 bridgehead atoms. The second kappa shape index (κ2) is 7.81. The van der Waals surface area contributed by atoms with Crippen molar-refractivity contribution in [1.29, 1.82) is 5.26 Å². The molecule has 0 saturated carbocycles. The maximum absolute atomic E-state index is 9.01. The topological polar surface area (TPSA) is 45.0 Å². The lowest BCUT2D eigenvalue weighted by molar-refractivity contribution is 0.242. The van der Waals surface area contributed by atoms with Gasteiger partial charge in [0.1, 0.15) is 5.75 Å². The largest absolute Gasteiger partial charge is 0.491 e. The number of hydrogen-bond donors (Lipinski definition) is 1. The van der Waals surface area contributed by atoms with Crippen molar-refractivity contribution >= 4 is 0 Å². The van der Waals surface area contributed by atoms with Crippen molar-refractivity contribution in [3.05, 3.63) is 29.8 Å². The highest BCUT2D eigenvalue weighted by atomic mass is 16.5. The first-order valence-corrected chi connectivity index (χ1v) is 6.89. The highest BCUT2D eigenvalue weighted by Crippen LogP contribution is 2.14. The molecule has 1 atom stereocenters. The van der Waals surface area contributed by atoms with Crippen molar-refractivity contribution in [2.24, 2.45) is 11.8 Å². The number of ether oxygens (including phenoxy) is 1. The normalized spacial score (nSPS) is 12.5. The van der Waals surface area contributed by atoms with E-state index in [4.69, 9.17) is 10.00 Å². The van der Waals surface area contributed by atoms with Gasteiger partial charge in [-0.3, -0.25) is 0 Å².